The maximum absolute atomic E-state index is 12.2. The number of amides is 1. The molecule has 21 heavy (non-hydrogen) atoms. The van der Waals surface area contributed by atoms with Gasteiger partial charge in [0.05, 0.1) is 11.5 Å². The second-order valence-electron chi connectivity index (χ2n) is 7.00. The number of carbonyl (C=O) groups is 2. The Labute approximate surface area is 125 Å². The molecule has 0 radical (unpaired) electrons. The Balaban J connectivity index is 1.55. The maximum atomic E-state index is 12.2. The number of carbonyl (C=O) groups excluding carboxylic acids is 1. The fourth-order valence-corrected chi connectivity index (χ4v) is 4.26. The summed E-state index contributed by atoms with van der Waals surface area (Å²) in [6.45, 7) is 2.72. The molecular formula is C16H25NO4. The molecule has 0 bridgehead atoms. The van der Waals surface area contributed by atoms with Crippen molar-refractivity contribution in [2.45, 2.75) is 70.4 Å². The van der Waals surface area contributed by atoms with Crippen molar-refractivity contribution in [1.29, 1.82) is 0 Å². The van der Waals surface area contributed by atoms with Gasteiger partial charge in [-0.15, -0.1) is 0 Å². The van der Waals surface area contributed by atoms with E-state index < -0.39 is 11.4 Å². The number of rotatable bonds is 6. The van der Waals surface area contributed by atoms with Crippen LogP contribution in [-0.4, -0.2) is 35.7 Å². The Morgan fingerprint density at radius 1 is 1.24 bits per heavy atom. The Hall–Kier alpha value is -1.10. The van der Waals surface area contributed by atoms with Crippen molar-refractivity contribution in [3.8, 4) is 0 Å². The molecule has 1 spiro atoms. The largest absolute Gasteiger partial charge is 0.481 e. The lowest BCUT2D eigenvalue weighted by Gasteiger charge is -2.61. The normalized spacial score (nSPS) is 31.7. The van der Waals surface area contributed by atoms with Crippen LogP contribution in [0, 0.1) is 10.8 Å². The second kappa shape index (κ2) is 5.27. The number of ether oxygens (including phenoxy) is 1. The summed E-state index contributed by atoms with van der Waals surface area (Å²) < 4.78 is 5.77. The number of carboxylic acids is 1. The summed E-state index contributed by atoms with van der Waals surface area (Å²) in [5, 5.41) is 12.4. The van der Waals surface area contributed by atoms with Crippen molar-refractivity contribution in [2.24, 2.45) is 10.8 Å². The average Bonchev–Trinajstić information content (AvgIpc) is 2.29. The summed E-state index contributed by atoms with van der Waals surface area (Å²) in [5.74, 6) is -0.911. The van der Waals surface area contributed by atoms with Crippen LogP contribution in [0.15, 0.2) is 0 Å². The first-order chi connectivity index (χ1) is 10.0. The highest BCUT2D eigenvalue weighted by atomic mass is 16.5. The van der Waals surface area contributed by atoms with E-state index in [2.05, 4.69) is 5.32 Å². The summed E-state index contributed by atoms with van der Waals surface area (Å²) in [5.41, 5.74) is -0.651. The molecule has 0 heterocycles. The van der Waals surface area contributed by atoms with Gasteiger partial charge in [0.25, 0.3) is 0 Å². The minimum absolute atomic E-state index is 0.0941. The number of hydrogen-bond acceptors (Lipinski definition) is 3. The molecule has 3 fully saturated rings. The van der Waals surface area contributed by atoms with Gasteiger partial charge in [0.1, 0.15) is 0 Å². The zero-order chi connectivity index (χ0) is 15.1. The molecule has 0 aliphatic heterocycles. The lowest BCUT2D eigenvalue weighted by molar-refractivity contribution is -0.177. The highest BCUT2D eigenvalue weighted by molar-refractivity contribution is 5.85. The summed E-state index contributed by atoms with van der Waals surface area (Å²) >= 11 is 0. The predicted octanol–water partition coefficient (Wildman–Crippen LogP) is 2.10. The Morgan fingerprint density at radius 2 is 1.90 bits per heavy atom. The van der Waals surface area contributed by atoms with Gasteiger partial charge in [-0.2, -0.15) is 0 Å². The van der Waals surface area contributed by atoms with E-state index in [1.54, 1.807) is 0 Å². The molecule has 0 aromatic heterocycles. The lowest BCUT2D eigenvalue weighted by atomic mass is 9.51. The topological polar surface area (TPSA) is 75.6 Å². The van der Waals surface area contributed by atoms with Gasteiger partial charge in [0.15, 0.2) is 0 Å². The molecule has 3 aliphatic carbocycles. The van der Waals surface area contributed by atoms with Gasteiger partial charge < -0.3 is 15.2 Å². The van der Waals surface area contributed by atoms with Crippen molar-refractivity contribution in [1.82, 2.24) is 5.32 Å². The fraction of sp³-hybridized carbons (Fsp3) is 0.875. The zero-order valence-electron chi connectivity index (χ0n) is 12.7. The van der Waals surface area contributed by atoms with E-state index in [4.69, 9.17) is 4.74 Å². The van der Waals surface area contributed by atoms with E-state index in [1.165, 1.54) is 6.42 Å². The third kappa shape index (κ3) is 2.26. The van der Waals surface area contributed by atoms with Crippen molar-refractivity contribution in [3.05, 3.63) is 0 Å². The quantitative estimate of drug-likeness (QED) is 0.787. The van der Waals surface area contributed by atoms with Crippen LogP contribution in [0.2, 0.25) is 0 Å². The lowest BCUT2D eigenvalue weighted by Crippen LogP contribution is -2.68. The Bertz CT molecular complexity index is 440. The van der Waals surface area contributed by atoms with E-state index >= 15 is 0 Å². The summed E-state index contributed by atoms with van der Waals surface area (Å²) in [7, 11) is 0. The van der Waals surface area contributed by atoms with Gasteiger partial charge in [-0.3, -0.25) is 9.59 Å². The first-order valence-electron chi connectivity index (χ1n) is 8.17. The second-order valence-corrected chi connectivity index (χ2v) is 7.00. The third-order valence-corrected chi connectivity index (χ3v) is 6.04. The Kier molecular flexibility index (Phi) is 3.72. The van der Waals surface area contributed by atoms with Crippen molar-refractivity contribution < 1.29 is 19.4 Å². The molecule has 2 N–H and O–H groups in total. The van der Waals surface area contributed by atoms with Crippen LogP contribution in [0.25, 0.3) is 0 Å². The first kappa shape index (κ1) is 14.8. The fourth-order valence-electron chi connectivity index (χ4n) is 4.26. The highest BCUT2D eigenvalue weighted by Gasteiger charge is 2.59. The number of nitrogens with one attached hydrogen (secondary N) is 1. The molecular weight excluding hydrogens is 270 g/mol. The molecule has 1 amide bonds. The summed E-state index contributed by atoms with van der Waals surface area (Å²) in [6, 6.07) is 0.182. The molecule has 5 heteroatoms. The molecule has 3 saturated carbocycles. The van der Waals surface area contributed by atoms with Crippen LogP contribution in [-0.2, 0) is 14.3 Å². The molecule has 0 aromatic carbocycles. The number of carboxylic acid groups (broad SMARTS) is 1. The smallest absolute Gasteiger partial charge is 0.310 e. The molecule has 3 rings (SSSR count). The van der Waals surface area contributed by atoms with Gasteiger partial charge in [-0.25, -0.2) is 0 Å². The average molecular weight is 295 g/mol. The van der Waals surface area contributed by atoms with Gasteiger partial charge in [0, 0.05) is 24.5 Å². The molecule has 3 aliphatic rings. The van der Waals surface area contributed by atoms with E-state index in [9.17, 15) is 14.7 Å². The molecule has 2 atom stereocenters. The third-order valence-electron chi connectivity index (χ3n) is 6.04. The van der Waals surface area contributed by atoms with E-state index in [-0.39, 0.29) is 29.9 Å². The standard InChI is InChI=1S/C16H25NO4/c1-2-21-12-9-11(16(12)7-4-8-16)17-13(18)10-15(14(19)20)5-3-6-15/h11-12H,2-10H2,1H3,(H,17,18)(H,19,20). The monoisotopic (exact) mass is 295 g/mol. The van der Waals surface area contributed by atoms with Crippen LogP contribution in [0.4, 0.5) is 0 Å². The summed E-state index contributed by atoms with van der Waals surface area (Å²) in [6.07, 6.45) is 6.90. The molecule has 118 valence electrons. The van der Waals surface area contributed by atoms with Gasteiger partial charge in [-0.05, 0) is 39.0 Å². The van der Waals surface area contributed by atoms with Crippen LogP contribution >= 0.6 is 0 Å². The highest BCUT2D eigenvalue weighted by Crippen LogP contribution is 2.57. The van der Waals surface area contributed by atoms with Gasteiger partial charge >= 0.3 is 5.97 Å². The van der Waals surface area contributed by atoms with Crippen LogP contribution in [0.5, 0.6) is 0 Å². The number of aliphatic carboxylic acids is 1. The van der Waals surface area contributed by atoms with Gasteiger partial charge in [0.2, 0.25) is 5.91 Å². The van der Waals surface area contributed by atoms with Crippen molar-refractivity contribution >= 4 is 11.9 Å². The Morgan fingerprint density at radius 3 is 2.33 bits per heavy atom. The molecule has 0 saturated heterocycles. The number of hydrogen-bond donors (Lipinski definition) is 2. The van der Waals surface area contributed by atoms with E-state index in [0.717, 1.165) is 32.3 Å². The minimum Gasteiger partial charge on any atom is -0.481 e. The van der Waals surface area contributed by atoms with Crippen molar-refractivity contribution in [2.75, 3.05) is 6.61 Å². The van der Waals surface area contributed by atoms with Crippen LogP contribution in [0.3, 0.4) is 0 Å². The van der Waals surface area contributed by atoms with Crippen LogP contribution in [0.1, 0.15) is 58.3 Å². The molecule has 0 aromatic rings. The van der Waals surface area contributed by atoms with Gasteiger partial charge in [-0.1, -0.05) is 12.8 Å². The van der Waals surface area contributed by atoms with E-state index in [0.29, 0.717) is 12.8 Å². The van der Waals surface area contributed by atoms with Crippen molar-refractivity contribution in [3.63, 3.8) is 0 Å². The van der Waals surface area contributed by atoms with Crippen LogP contribution < -0.4 is 5.32 Å². The molecule has 5 nitrogen and oxygen atoms in total. The zero-order valence-corrected chi connectivity index (χ0v) is 12.7. The maximum Gasteiger partial charge on any atom is 0.310 e. The SMILES string of the molecule is CCOC1CC(NC(=O)CC2(C(=O)O)CCC2)C12CCC2. The first-order valence-corrected chi connectivity index (χ1v) is 8.17. The predicted molar refractivity (Wildman–Crippen MR) is 76.8 cm³/mol. The minimum atomic E-state index is -0.817. The van der Waals surface area contributed by atoms with E-state index in [1.807, 2.05) is 6.92 Å². The molecule has 2 unspecified atom stereocenters. The summed E-state index contributed by atoms with van der Waals surface area (Å²) in [4.78, 5) is 23.6.